The number of hydrogen-bond donors (Lipinski definition) is 3. The molecule has 1 rings (SSSR count). The predicted molar refractivity (Wildman–Crippen MR) is 114 cm³/mol. The number of carbonyl (C=O) groups excluding carboxylic acids is 1. The average Bonchev–Trinajstić information content (AvgIpc) is 2.51. The maximum Gasteiger partial charge on any atom is 0.167 e. The molecular formula is C23H40N2O2. The molecule has 0 saturated heterocycles. The Balaban J connectivity index is 3.05. The van der Waals surface area contributed by atoms with Gasteiger partial charge in [-0.1, -0.05) is 73.4 Å². The van der Waals surface area contributed by atoms with Gasteiger partial charge in [0.15, 0.2) is 5.78 Å². The zero-order valence-corrected chi connectivity index (χ0v) is 18.4. The third-order valence-corrected chi connectivity index (χ3v) is 5.14. The zero-order chi connectivity index (χ0) is 21.0. The summed E-state index contributed by atoms with van der Waals surface area (Å²) in [5.74, 6) is 0.262. The summed E-state index contributed by atoms with van der Waals surface area (Å²) in [6.07, 6.45) is 4.40. The van der Waals surface area contributed by atoms with Crippen molar-refractivity contribution in [2.24, 2.45) is 11.5 Å². The molecule has 0 radical (unpaired) electrons. The Kier molecular flexibility index (Phi) is 7.66. The number of unbranched alkanes of at least 4 members (excludes halogenated alkanes) is 2. The van der Waals surface area contributed by atoms with Crippen LogP contribution in [0.1, 0.15) is 97.3 Å². The molecule has 0 fully saturated rings. The minimum atomic E-state index is -1.24. The van der Waals surface area contributed by atoms with E-state index in [-0.39, 0.29) is 16.6 Å². The molecule has 0 aliphatic carbocycles. The van der Waals surface area contributed by atoms with Crippen LogP contribution in [0.4, 0.5) is 0 Å². The fraction of sp³-hybridized carbons (Fsp3) is 0.696. The molecule has 5 N–H and O–H groups in total. The monoisotopic (exact) mass is 376 g/mol. The third kappa shape index (κ3) is 6.62. The van der Waals surface area contributed by atoms with Crippen LogP contribution in [-0.4, -0.2) is 16.6 Å². The molecule has 0 spiro atoms. The molecule has 154 valence electrons. The Hall–Kier alpha value is -1.39. The first-order chi connectivity index (χ1) is 12.2. The van der Waals surface area contributed by atoms with Crippen molar-refractivity contribution < 1.29 is 9.90 Å². The highest BCUT2D eigenvalue weighted by atomic mass is 16.3. The molecule has 0 amide bonds. The largest absolute Gasteiger partial charge is 0.507 e. The lowest BCUT2D eigenvalue weighted by Gasteiger charge is -2.28. The quantitative estimate of drug-likeness (QED) is 0.454. The lowest BCUT2D eigenvalue weighted by molar-refractivity contribution is -0.124. The van der Waals surface area contributed by atoms with Crippen LogP contribution in [0.3, 0.4) is 0 Å². The van der Waals surface area contributed by atoms with Crippen molar-refractivity contribution in [3.8, 4) is 5.75 Å². The van der Waals surface area contributed by atoms with Gasteiger partial charge in [0, 0.05) is 6.42 Å². The van der Waals surface area contributed by atoms with Crippen LogP contribution < -0.4 is 11.5 Å². The summed E-state index contributed by atoms with van der Waals surface area (Å²) >= 11 is 0. The Morgan fingerprint density at radius 2 is 1.44 bits per heavy atom. The van der Waals surface area contributed by atoms with Crippen molar-refractivity contribution in [2.75, 3.05) is 0 Å². The van der Waals surface area contributed by atoms with E-state index < -0.39 is 5.66 Å². The van der Waals surface area contributed by atoms with Crippen molar-refractivity contribution in [1.29, 1.82) is 0 Å². The van der Waals surface area contributed by atoms with Crippen molar-refractivity contribution in [3.63, 3.8) is 0 Å². The van der Waals surface area contributed by atoms with Gasteiger partial charge in [0.2, 0.25) is 0 Å². The zero-order valence-electron chi connectivity index (χ0n) is 18.4. The Labute approximate surface area is 165 Å². The fourth-order valence-corrected chi connectivity index (χ4v) is 3.28. The van der Waals surface area contributed by atoms with Gasteiger partial charge < -0.3 is 16.6 Å². The van der Waals surface area contributed by atoms with E-state index in [2.05, 4.69) is 48.5 Å². The van der Waals surface area contributed by atoms with Crippen molar-refractivity contribution in [2.45, 2.75) is 103 Å². The molecule has 0 saturated carbocycles. The van der Waals surface area contributed by atoms with E-state index in [1.54, 1.807) is 0 Å². The van der Waals surface area contributed by atoms with E-state index in [1.807, 2.05) is 12.1 Å². The van der Waals surface area contributed by atoms with Crippen LogP contribution in [0.5, 0.6) is 5.75 Å². The third-order valence-electron chi connectivity index (χ3n) is 5.14. The number of phenolic OH excluding ortho intramolecular Hbond substituents is 1. The molecule has 4 heteroatoms. The normalized spacial score (nSPS) is 13.1. The first-order valence-corrected chi connectivity index (χ1v) is 10.2. The van der Waals surface area contributed by atoms with Gasteiger partial charge in [-0.05, 0) is 46.8 Å². The Bertz CT molecular complexity index is 614. The molecule has 0 bridgehead atoms. The smallest absolute Gasteiger partial charge is 0.167 e. The van der Waals surface area contributed by atoms with Gasteiger partial charge in [-0.3, -0.25) is 4.79 Å². The molecule has 0 atom stereocenters. The van der Waals surface area contributed by atoms with E-state index >= 15 is 0 Å². The fourth-order valence-electron chi connectivity index (χ4n) is 3.28. The van der Waals surface area contributed by atoms with E-state index in [4.69, 9.17) is 11.5 Å². The van der Waals surface area contributed by atoms with Crippen LogP contribution in [0, 0.1) is 0 Å². The number of aryl methyl sites for hydroxylation is 1. The van der Waals surface area contributed by atoms with Crippen LogP contribution in [0.25, 0.3) is 0 Å². The molecule has 27 heavy (non-hydrogen) atoms. The standard InChI is InChI=1S/C23H40N2O2/c1-8-9-10-13-23(24,25)19(26)12-11-16-14-17(21(2,3)4)20(27)18(15-16)22(5,6)7/h14-15,27H,8-13,24-25H2,1-7H3. The van der Waals surface area contributed by atoms with Gasteiger partial charge in [0.25, 0.3) is 0 Å². The Morgan fingerprint density at radius 3 is 1.85 bits per heavy atom. The second-order valence-corrected chi connectivity index (χ2v) is 9.96. The first-order valence-electron chi connectivity index (χ1n) is 10.2. The molecule has 0 unspecified atom stereocenters. The van der Waals surface area contributed by atoms with Gasteiger partial charge in [-0.25, -0.2) is 0 Å². The summed E-state index contributed by atoms with van der Waals surface area (Å²) in [7, 11) is 0. The van der Waals surface area contributed by atoms with Crippen molar-refractivity contribution in [1.82, 2.24) is 0 Å². The van der Waals surface area contributed by atoms with Gasteiger partial charge >= 0.3 is 0 Å². The van der Waals surface area contributed by atoms with E-state index in [1.165, 1.54) is 0 Å². The summed E-state index contributed by atoms with van der Waals surface area (Å²) < 4.78 is 0. The minimum Gasteiger partial charge on any atom is -0.507 e. The van der Waals surface area contributed by atoms with Crippen molar-refractivity contribution in [3.05, 3.63) is 28.8 Å². The lowest BCUT2D eigenvalue weighted by Crippen LogP contribution is -2.56. The second kappa shape index (κ2) is 8.74. The molecule has 0 heterocycles. The van der Waals surface area contributed by atoms with Gasteiger partial charge in [0.1, 0.15) is 11.4 Å². The highest BCUT2D eigenvalue weighted by Crippen LogP contribution is 2.40. The second-order valence-electron chi connectivity index (χ2n) is 9.96. The van der Waals surface area contributed by atoms with E-state index in [0.29, 0.717) is 25.0 Å². The number of Topliss-reactive ketones (excluding diaryl/α,β-unsaturated/α-hetero) is 1. The van der Waals surface area contributed by atoms with Crippen LogP contribution >= 0.6 is 0 Å². The van der Waals surface area contributed by atoms with Crippen molar-refractivity contribution >= 4 is 5.78 Å². The van der Waals surface area contributed by atoms with Gasteiger partial charge in [-0.2, -0.15) is 0 Å². The Morgan fingerprint density at radius 1 is 0.963 bits per heavy atom. The maximum absolute atomic E-state index is 12.6. The number of carbonyl (C=O) groups is 1. The maximum atomic E-state index is 12.6. The summed E-state index contributed by atoms with van der Waals surface area (Å²) in [6.45, 7) is 14.6. The predicted octanol–water partition coefficient (Wildman–Crippen LogP) is 4.68. The number of aromatic hydroxyl groups is 1. The van der Waals surface area contributed by atoms with E-state index in [9.17, 15) is 9.90 Å². The molecule has 0 aliphatic heterocycles. The summed E-state index contributed by atoms with van der Waals surface area (Å²) in [4.78, 5) is 12.6. The number of ketones is 1. The SMILES string of the molecule is CCCCCC(N)(N)C(=O)CCc1cc(C(C)(C)C)c(O)c(C(C)(C)C)c1. The first kappa shape index (κ1) is 23.6. The summed E-state index contributed by atoms with van der Waals surface area (Å²) in [5.41, 5.74) is 13.4. The summed E-state index contributed by atoms with van der Waals surface area (Å²) in [5, 5.41) is 10.8. The number of phenols is 1. The highest BCUT2D eigenvalue weighted by molar-refractivity contribution is 5.87. The van der Waals surface area contributed by atoms with Gasteiger partial charge in [0.05, 0.1) is 0 Å². The number of hydrogen-bond acceptors (Lipinski definition) is 4. The molecule has 4 nitrogen and oxygen atoms in total. The van der Waals surface area contributed by atoms with Crippen LogP contribution in [0.2, 0.25) is 0 Å². The topological polar surface area (TPSA) is 89.3 Å². The number of rotatable bonds is 8. The highest BCUT2D eigenvalue weighted by Gasteiger charge is 2.29. The average molecular weight is 377 g/mol. The van der Waals surface area contributed by atoms with Crippen LogP contribution in [0.15, 0.2) is 12.1 Å². The minimum absolute atomic E-state index is 0.0960. The molecular weight excluding hydrogens is 336 g/mol. The summed E-state index contributed by atoms with van der Waals surface area (Å²) in [6, 6.07) is 4.04. The molecule has 1 aromatic carbocycles. The van der Waals surface area contributed by atoms with Gasteiger partial charge in [-0.15, -0.1) is 0 Å². The van der Waals surface area contributed by atoms with Crippen LogP contribution in [-0.2, 0) is 22.0 Å². The van der Waals surface area contributed by atoms with E-state index in [0.717, 1.165) is 36.0 Å². The molecule has 0 aliphatic rings. The lowest BCUT2D eigenvalue weighted by atomic mass is 9.78. The number of nitrogens with two attached hydrogens (primary N) is 2. The number of benzene rings is 1. The molecule has 0 aromatic heterocycles. The molecule has 1 aromatic rings.